The molecule has 1 aromatic carbocycles. The average Bonchev–Trinajstić information content (AvgIpc) is 2.20. The molecule has 2 atom stereocenters. The van der Waals surface area contributed by atoms with E-state index in [0.29, 0.717) is 5.02 Å². The number of benzene rings is 1. The van der Waals surface area contributed by atoms with E-state index in [0.717, 1.165) is 16.2 Å². The van der Waals surface area contributed by atoms with Crippen LogP contribution >= 0.6 is 23.4 Å². The molecule has 0 bridgehead atoms. The third-order valence-corrected chi connectivity index (χ3v) is 3.90. The predicted octanol–water partition coefficient (Wildman–Crippen LogP) is 2.07. The van der Waals surface area contributed by atoms with Crippen molar-refractivity contribution in [3.8, 4) is 0 Å². The lowest BCUT2D eigenvalue weighted by Crippen LogP contribution is -2.36. The summed E-state index contributed by atoms with van der Waals surface area (Å²) in [6.45, 7) is 0. The molecule has 0 spiro atoms. The van der Waals surface area contributed by atoms with E-state index in [9.17, 15) is 5.11 Å². The number of nitrogens with one attached hydrogen (secondary N) is 1. The van der Waals surface area contributed by atoms with Crippen LogP contribution in [0.5, 0.6) is 0 Å². The minimum atomic E-state index is -0.449. The fraction of sp³-hybridized carbons (Fsp3) is 0.400. The van der Waals surface area contributed by atoms with E-state index in [1.807, 2.05) is 25.2 Å². The second-order valence-electron chi connectivity index (χ2n) is 3.33. The Morgan fingerprint density at radius 1 is 1.57 bits per heavy atom. The Morgan fingerprint density at radius 3 is 3.07 bits per heavy atom. The van der Waals surface area contributed by atoms with Crippen molar-refractivity contribution >= 4 is 23.4 Å². The molecule has 1 heterocycles. The van der Waals surface area contributed by atoms with Crippen LogP contribution in [-0.4, -0.2) is 23.9 Å². The molecule has 1 aliphatic rings. The lowest BCUT2D eigenvalue weighted by atomic mass is 10.0. The molecule has 2 rings (SSSR count). The van der Waals surface area contributed by atoms with Crippen LogP contribution < -0.4 is 5.32 Å². The molecule has 0 radical (unpaired) electrons. The number of rotatable bonds is 1. The molecule has 4 heteroatoms. The van der Waals surface area contributed by atoms with E-state index in [-0.39, 0.29) is 6.04 Å². The van der Waals surface area contributed by atoms with Crippen molar-refractivity contribution < 1.29 is 5.11 Å². The summed E-state index contributed by atoms with van der Waals surface area (Å²) in [4.78, 5) is 1.13. The van der Waals surface area contributed by atoms with Gasteiger partial charge in [0, 0.05) is 21.7 Å². The van der Waals surface area contributed by atoms with Gasteiger partial charge in [-0.3, -0.25) is 0 Å². The smallest absolute Gasteiger partial charge is 0.0962 e. The van der Waals surface area contributed by atoms with E-state index in [1.54, 1.807) is 11.8 Å². The maximum atomic E-state index is 10.0. The number of likely N-dealkylation sites (N-methyl/N-ethyl adjacent to an activating group) is 1. The van der Waals surface area contributed by atoms with Crippen LogP contribution in [0, 0.1) is 0 Å². The second kappa shape index (κ2) is 4.11. The van der Waals surface area contributed by atoms with E-state index < -0.39 is 6.10 Å². The van der Waals surface area contributed by atoms with Crippen molar-refractivity contribution in [2.45, 2.75) is 17.0 Å². The van der Waals surface area contributed by atoms with Gasteiger partial charge in [-0.25, -0.2) is 0 Å². The molecular weight excluding hydrogens is 218 g/mol. The third kappa shape index (κ3) is 1.77. The van der Waals surface area contributed by atoms with Gasteiger partial charge in [0.1, 0.15) is 0 Å². The third-order valence-electron chi connectivity index (χ3n) is 2.46. The Morgan fingerprint density at radius 2 is 2.36 bits per heavy atom. The Kier molecular flexibility index (Phi) is 3.02. The van der Waals surface area contributed by atoms with Crippen molar-refractivity contribution in [2.24, 2.45) is 0 Å². The number of fused-ring (bicyclic) bond motifs is 1. The van der Waals surface area contributed by atoms with Crippen molar-refractivity contribution in [1.29, 1.82) is 0 Å². The Hall–Kier alpha value is -0.220. The SMILES string of the molecule is CNC1CSc2ccc(Cl)cc2C1O. The van der Waals surface area contributed by atoms with Gasteiger partial charge in [0.25, 0.3) is 0 Å². The molecule has 0 saturated carbocycles. The van der Waals surface area contributed by atoms with Crippen LogP contribution in [0.2, 0.25) is 5.02 Å². The standard InChI is InChI=1S/C10H12ClNOS/c1-12-8-5-14-9-3-2-6(11)4-7(9)10(8)13/h2-4,8,10,12-13H,5H2,1H3. The zero-order valence-electron chi connectivity index (χ0n) is 7.83. The van der Waals surface area contributed by atoms with Gasteiger partial charge in [-0.05, 0) is 30.8 Å². The molecule has 2 nitrogen and oxygen atoms in total. The van der Waals surface area contributed by atoms with Crippen LogP contribution in [0.25, 0.3) is 0 Å². The van der Waals surface area contributed by atoms with Gasteiger partial charge in [-0.1, -0.05) is 11.6 Å². The van der Waals surface area contributed by atoms with Gasteiger partial charge < -0.3 is 10.4 Å². The summed E-state index contributed by atoms with van der Waals surface area (Å²) >= 11 is 7.64. The normalized spacial score (nSPS) is 25.9. The lowest BCUT2D eigenvalue weighted by Gasteiger charge is -2.29. The van der Waals surface area contributed by atoms with E-state index in [1.165, 1.54) is 0 Å². The summed E-state index contributed by atoms with van der Waals surface area (Å²) in [5.74, 6) is 0.895. The quantitative estimate of drug-likeness (QED) is 0.774. The van der Waals surface area contributed by atoms with Crippen molar-refractivity contribution in [3.05, 3.63) is 28.8 Å². The Bertz CT molecular complexity index is 345. The Labute approximate surface area is 92.7 Å². The molecule has 0 fully saturated rings. The van der Waals surface area contributed by atoms with Gasteiger partial charge in [0.15, 0.2) is 0 Å². The number of halogens is 1. The summed E-state index contributed by atoms with van der Waals surface area (Å²) in [5, 5.41) is 13.8. The van der Waals surface area contributed by atoms with Gasteiger partial charge in [-0.15, -0.1) is 11.8 Å². The minimum Gasteiger partial charge on any atom is -0.387 e. The molecule has 2 N–H and O–H groups in total. The number of aliphatic hydroxyl groups excluding tert-OH is 1. The zero-order chi connectivity index (χ0) is 10.1. The van der Waals surface area contributed by atoms with E-state index in [2.05, 4.69) is 5.32 Å². The molecule has 0 aromatic heterocycles. The first-order valence-electron chi connectivity index (χ1n) is 4.50. The van der Waals surface area contributed by atoms with Gasteiger partial charge >= 0.3 is 0 Å². The summed E-state index contributed by atoms with van der Waals surface area (Å²) in [7, 11) is 1.87. The first-order chi connectivity index (χ1) is 6.72. The molecule has 1 aliphatic heterocycles. The molecule has 2 unspecified atom stereocenters. The van der Waals surface area contributed by atoms with Crippen LogP contribution in [0.4, 0.5) is 0 Å². The highest BCUT2D eigenvalue weighted by Crippen LogP contribution is 2.37. The Balaban J connectivity index is 2.38. The molecule has 76 valence electrons. The summed E-state index contributed by atoms with van der Waals surface area (Å²) < 4.78 is 0. The van der Waals surface area contributed by atoms with Crippen molar-refractivity contribution in [2.75, 3.05) is 12.8 Å². The highest BCUT2D eigenvalue weighted by Gasteiger charge is 2.27. The highest BCUT2D eigenvalue weighted by atomic mass is 35.5. The summed E-state index contributed by atoms with van der Waals surface area (Å²) in [5.41, 5.74) is 0.938. The fourth-order valence-electron chi connectivity index (χ4n) is 1.61. The van der Waals surface area contributed by atoms with Gasteiger partial charge in [0.2, 0.25) is 0 Å². The van der Waals surface area contributed by atoms with Gasteiger partial charge in [-0.2, -0.15) is 0 Å². The molecule has 0 amide bonds. The van der Waals surface area contributed by atoms with Crippen molar-refractivity contribution in [1.82, 2.24) is 5.32 Å². The number of aliphatic hydroxyl groups is 1. The second-order valence-corrected chi connectivity index (χ2v) is 4.83. The topological polar surface area (TPSA) is 32.3 Å². The maximum Gasteiger partial charge on any atom is 0.0962 e. The van der Waals surface area contributed by atoms with E-state index in [4.69, 9.17) is 11.6 Å². The molecule has 14 heavy (non-hydrogen) atoms. The largest absolute Gasteiger partial charge is 0.387 e. The fourth-order valence-corrected chi connectivity index (χ4v) is 3.01. The first kappa shape index (κ1) is 10.3. The van der Waals surface area contributed by atoms with Crippen LogP contribution in [0.15, 0.2) is 23.1 Å². The minimum absolute atomic E-state index is 0.117. The monoisotopic (exact) mass is 229 g/mol. The van der Waals surface area contributed by atoms with Crippen molar-refractivity contribution in [3.63, 3.8) is 0 Å². The van der Waals surface area contributed by atoms with E-state index >= 15 is 0 Å². The molecular formula is C10H12ClNOS. The molecule has 0 saturated heterocycles. The first-order valence-corrected chi connectivity index (χ1v) is 5.86. The number of hydrogen-bond donors (Lipinski definition) is 2. The molecule has 0 aliphatic carbocycles. The maximum absolute atomic E-state index is 10.0. The van der Waals surface area contributed by atoms with Gasteiger partial charge in [0.05, 0.1) is 6.10 Å². The number of hydrogen-bond acceptors (Lipinski definition) is 3. The average molecular weight is 230 g/mol. The summed E-state index contributed by atoms with van der Waals surface area (Å²) in [6.07, 6.45) is -0.449. The zero-order valence-corrected chi connectivity index (χ0v) is 9.40. The summed E-state index contributed by atoms with van der Waals surface area (Å²) in [6, 6.07) is 5.79. The van der Waals surface area contributed by atoms with Crippen LogP contribution in [0.3, 0.4) is 0 Å². The van der Waals surface area contributed by atoms with Crippen LogP contribution in [-0.2, 0) is 0 Å². The molecule has 1 aromatic rings. The van der Waals surface area contributed by atoms with Crippen LogP contribution in [0.1, 0.15) is 11.7 Å². The lowest BCUT2D eigenvalue weighted by molar-refractivity contribution is 0.137. The highest BCUT2D eigenvalue weighted by molar-refractivity contribution is 7.99. The predicted molar refractivity (Wildman–Crippen MR) is 60.0 cm³/mol. The number of thioether (sulfide) groups is 1.